The number of hydrogen-bond acceptors (Lipinski definition) is 1. The van der Waals surface area contributed by atoms with Crippen LogP contribution >= 0.6 is 20.7 Å². The molecule has 4 N–H and O–H groups in total. The Morgan fingerprint density at radius 1 is 1.42 bits per heavy atom. The second-order valence-electron chi connectivity index (χ2n) is 4.12. The normalized spacial score (nSPS) is 11.6. The summed E-state index contributed by atoms with van der Waals surface area (Å²) >= 11 is -0.540. The lowest BCUT2D eigenvalue weighted by Crippen LogP contribution is -2.50. The van der Waals surface area contributed by atoms with E-state index in [2.05, 4.69) is 22.6 Å². The predicted octanol–water partition coefficient (Wildman–Crippen LogP) is 1.89. The molecule has 0 fully saturated rings. The molecule has 102 valence electrons. The molecular formula is C15H19INO2+. The van der Waals surface area contributed by atoms with E-state index in [-0.39, 0.29) is 3.92 Å². The van der Waals surface area contributed by atoms with E-state index in [4.69, 9.17) is 5.11 Å². The van der Waals surface area contributed by atoms with Crippen LogP contribution in [0.3, 0.4) is 0 Å². The smallest absolute Gasteiger partial charge is 0.316 e. The van der Waals surface area contributed by atoms with E-state index in [1.54, 1.807) is 0 Å². The number of halogens is 1. The van der Waals surface area contributed by atoms with Crippen molar-refractivity contribution in [1.29, 1.82) is 0 Å². The van der Waals surface area contributed by atoms with Crippen molar-refractivity contribution in [2.75, 3.05) is 6.54 Å². The fourth-order valence-electron chi connectivity index (χ4n) is 1.77. The van der Waals surface area contributed by atoms with Crippen LogP contribution in [0, 0.1) is 0 Å². The highest BCUT2D eigenvalue weighted by Gasteiger charge is 2.14. The van der Waals surface area contributed by atoms with E-state index in [1.807, 2.05) is 24.3 Å². The number of aliphatic carboxylic acids is 1. The van der Waals surface area contributed by atoms with E-state index in [0.29, 0.717) is 6.42 Å². The zero-order chi connectivity index (χ0) is 14.3. The number of carbonyl (C=O) groups is 1. The Kier molecular flexibility index (Phi) is 6.70. The molecule has 0 spiro atoms. The fourth-order valence-corrected chi connectivity index (χ4v) is 2.97. The first-order valence-corrected chi connectivity index (χ1v) is 8.76. The summed E-state index contributed by atoms with van der Waals surface area (Å²) in [5.74, 6) is -0.740. The van der Waals surface area contributed by atoms with Gasteiger partial charge in [-0.2, -0.15) is 0 Å². The van der Waals surface area contributed by atoms with Gasteiger partial charge in [0.05, 0.1) is 6.54 Å². The molecular weight excluding hydrogens is 353 g/mol. The van der Waals surface area contributed by atoms with Crippen molar-refractivity contribution in [3.8, 4) is 0 Å². The summed E-state index contributed by atoms with van der Waals surface area (Å²) in [6.07, 6.45) is 1.42. The van der Waals surface area contributed by atoms with Crippen molar-refractivity contribution in [2.45, 2.75) is 16.8 Å². The number of alkyl halides is 1. The molecule has 1 aromatic rings. The molecule has 1 atom stereocenters. The first kappa shape index (κ1) is 15.8. The zero-order valence-electron chi connectivity index (χ0n) is 10.9. The number of hydrogen-bond donors (Lipinski definition) is 2. The Bertz CT molecular complexity index is 501. The molecule has 0 aliphatic heterocycles. The second-order valence-corrected chi connectivity index (χ2v) is 6.50. The van der Waals surface area contributed by atoms with E-state index in [9.17, 15) is 4.79 Å². The average Bonchev–Trinajstić information content (AvgIpc) is 2.42. The Morgan fingerprint density at radius 3 is 2.47 bits per heavy atom. The van der Waals surface area contributed by atoms with Crippen molar-refractivity contribution in [1.82, 2.24) is 0 Å². The summed E-state index contributed by atoms with van der Waals surface area (Å²) in [5, 5.41) is 9.04. The number of carboxylic acids is 1. The van der Waals surface area contributed by atoms with Gasteiger partial charge in [0.25, 0.3) is 0 Å². The molecule has 1 rings (SSSR count). The van der Waals surface area contributed by atoms with E-state index in [1.165, 1.54) is 0 Å². The van der Waals surface area contributed by atoms with Crippen LogP contribution in [0.15, 0.2) is 36.6 Å². The van der Waals surface area contributed by atoms with Gasteiger partial charge in [-0.1, -0.05) is 35.4 Å². The van der Waals surface area contributed by atoms with Crippen LogP contribution in [0.2, 0.25) is 0 Å². The average molecular weight is 372 g/mol. The highest BCUT2D eigenvalue weighted by molar-refractivity contribution is 14.2. The minimum Gasteiger partial charge on any atom is -0.480 e. The van der Waals surface area contributed by atoms with E-state index >= 15 is 0 Å². The van der Waals surface area contributed by atoms with E-state index < -0.39 is 26.7 Å². The molecule has 0 saturated heterocycles. The molecule has 1 unspecified atom stereocenters. The highest BCUT2D eigenvalue weighted by Crippen LogP contribution is 2.19. The van der Waals surface area contributed by atoms with Gasteiger partial charge in [-0.15, -0.1) is 26.5 Å². The van der Waals surface area contributed by atoms with Gasteiger partial charge in [0, 0.05) is 12.0 Å². The molecule has 3 nitrogen and oxygen atoms in total. The molecule has 0 bridgehead atoms. The van der Waals surface area contributed by atoms with Crippen LogP contribution < -0.4 is 5.73 Å². The Morgan fingerprint density at radius 2 is 2.05 bits per heavy atom. The summed E-state index contributed by atoms with van der Waals surface area (Å²) in [6, 6.07) is 7.95. The summed E-state index contributed by atoms with van der Waals surface area (Å²) in [4.78, 5) is 11.0. The minimum atomic E-state index is -0.740. The molecule has 0 aliphatic carbocycles. The number of carboxylic acid groups (broad SMARTS) is 1. The third-order valence-electron chi connectivity index (χ3n) is 2.81. The maximum atomic E-state index is 11.0. The van der Waals surface area contributed by atoms with Gasteiger partial charge < -0.3 is 10.8 Å². The summed E-state index contributed by atoms with van der Waals surface area (Å²) in [5.41, 5.74) is 9.94. The lowest BCUT2D eigenvalue weighted by Gasteiger charge is -2.08. The monoisotopic (exact) mass is 372 g/mol. The fraction of sp³-hybridized carbons (Fsp3) is 0.267. The van der Waals surface area contributed by atoms with Gasteiger partial charge in [-0.05, 0) is 17.5 Å². The largest absolute Gasteiger partial charge is 0.480 e. The van der Waals surface area contributed by atoms with Crippen LogP contribution in [-0.2, 0) is 11.2 Å². The second kappa shape index (κ2) is 8.04. The molecule has 4 heteroatoms. The molecule has 0 aliphatic rings. The molecule has 0 aromatic heterocycles. The van der Waals surface area contributed by atoms with Crippen LogP contribution in [0.1, 0.15) is 17.5 Å². The molecule has 0 saturated carbocycles. The summed E-state index contributed by atoms with van der Waals surface area (Å²) in [7, 11) is 0. The van der Waals surface area contributed by atoms with Crippen LogP contribution in [-0.4, -0.2) is 26.1 Å². The third kappa shape index (κ3) is 4.74. The summed E-state index contributed by atoms with van der Waals surface area (Å²) in [6.45, 7) is 4.50. The van der Waals surface area contributed by atoms with Crippen molar-refractivity contribution in [2.24, 2.45) is 0 Å². The molecule has 19 heavy (non-hydrogen) atoms. The number of quaternary nitrogens is 1. The first-order valence-electron chi connectivity index (χ1n) is 5.99. The predicted molar refractivity (Wildman–Crippen MR) is 87.6 cm³/mol. The SMILES string of the molecule is C=C=C(CC[NH3+])c1ccc(CC(I=C)C(=O)O)cc1. The lowest BCUT2D eigenvalue weighted by molar-refractivity contribution is -0.365. The van der Waals surface area contributed by atoms with Crippen LogP contribution in [0.25, 0.3) is 5.57 Å². The Balaban J connectivity index is 2.84. The van der Waals surface area contributed by atoms with Crippen LogP contribution in [0.5, 0.6) is 0 Å². The van der Waals surface area contributed by atoms with E-state index in [0.717, 1.165) is 29.7 Å². The van der Waals surface area contributed by atoms with Gasteiger partial charge in [0.15, 0.2) is 0 Å². The zero-order valence-corrected chi connectivity index (χ0v) is 13.0. The number of rotatable bonds is 7. The Hall–Kier alpha value is -1.23. The van der Waals surface area contributed by atoms with Crippen molar-refractivity contribution in [3.63, 3.8) is 0 Å². The molecule has 0 amide bonds. The topological polar surface area (TPSA) is 64.9 Å². The first-order chi connectivity index (χ1) is 9.12. The minimum absolute atomic E-state index is 0.307. The van der Waals surface area contributed by atoms with Crippen LogP contribution in [0.4, 0.5) is 0 Å². The quantitative estimate of drug-likeness (QED) is 0.436. The van der Waals surface area contributed by atoms with Crippen molar-refractivity contribution in [3.05, 3.63) is 47.7 Å². The lowest BCUT2D eigenvalue weighted by atomic mass is 10.0. The maximum absolute atomic E-state index is 11.0. The highest BCUT2D eigenvalue weighted by atomic mass is 127. The molecule has 1 aromatic carbocycles. The molecule has 0 heterocycles. The summed E-state index contributed by atoms with van der Waals surface area (Å²) < 4.78 is 3.48. The molecule has 0 radical (unpaired) electrons. The van der Waals surface area contributed by atoms with Crippen molar-refractivity contribution >= 4 is 36.8 Å². The van der Waals surface area contributed by atoms with Gasteiger partial charge >= 0.3 is 5.97 Å². The maximum Gasteiger partial charge on any atom is 0.316 e. The van der Waals surface area contributed by atoms with Gasteiger partial charge in [-0.25, -0.2) is 0 Å². The van der Waals surface area contributed by atoms with Gasteiger partial charge in [0.1, 0.15) is 3.92 Å². The standard InChI is InChI=1S/C15H18INO2/c1-3-12(8-9-17)13-6-4-11(5-7-13)10-14(16-2)15(18)19/h4-7,14H,1-2,8-10,17H2,(H,18,19)/p+1. The van der Waals surface area contributed by atoms with Gasteiger partial charge in [0.2, 0.25) is 0 Å². The van der Waals surface area contributed by atoms with Gasteiger partial charge in [-0.3, -0.25) is 4.79 Å². The van der Waals surface area contributed by atoms with Crippen molar-refractivity contribution < 1.29 is 15.6 Å². The number of benzene rings is 1. The Labute approximate surface area is 123 Å². The third-order valence-corrected chi connectivity index (χ3v) is 4.85.